The van der Waals surface area contributed by atoms with E-state index in [1.54, 1.807) is 45.3 Å². The molecule has 1 aromatic carbocycles. The van der Waals surface area contributed by atoms with Crippen LogP contribution in [-0.2, 0) is 9.59 Å². The maximum Gasteiger partial charge on any atom is 0.263 e. The van der Waals surface area contributed by atoms with Crippen molar-refractivity contribution in [1.82, 2.24) is 9.80 Å². The maximum absolute atomic E-state index is 12.4. The number of hydrogen-bond acceptors (Lipinski definition) is 4. The zero-order valence-electron chi connectivity index (χ0n) is 14.3. The summed E-state index contributed by atoms with van der Waals surface area (Å²) in [7, 11) is 3.29. The van der Waals surface area contributed by atoms with Crippen molar-refractivity contribution >= 4 is 17.6 Å². The Morgan fingerprint density at radius 3 is 2.39 bits per heavy atom. The number of hydrogen-bond donors (Lipinski definition) is 0. The summed E-state index contributed by atoms with van der Waals surface area (Å²) >= 11 is 0. The van der Waals surface area contributed by atoms with E-state index in [0.29, 0.717) is 17.9 Å². The van der Waals surface area contributed by atoms with Gasteiger partial charge in [-0.1, -0.05) is 12.1 Å². The quantitative estimate of drug-likeness (QED) is 0.716. The van der Waals surface area contributed by atoms with E-state index in [4.69, 9.17) is 4.74 Å². The third-order valence-corrected chi connectivity index (χ3v) is 3.42. The van der Waals surface area contributed by atoms with Gasteiger partial charge in [0, 0.05) is 26.2 Å². The molecule has 0 saturated carbocycles. The van der Waals surface area contributed by atoms with Crippen LogP contribution < -0.4 is 4.74 Å². The average molecular weight is 320 g/mol. The smallest absolute Gasteiger partial charge is 0.263 e. The molecule has 0 radical (unpaired) electrons. The lowest BCUT2D eigenvalue weighted by atomic mass is 10.1. The van der Waals surface area contributed by atoms with Crippen molar-refractivity contribution in [3.05, 3.63) is 29.8 Å². The second-order valence-corrected chi connectivity index (χ2v) is 5.48. The Morgan fingerprint density at radius 2 is 1.87 bits per heavy atom. The molecule has 0 bridgehead atoms. The minimum Gasteiger partial charge on any atom is -0.481 e. The summed E-state index contributed by atoms with van der Waals surface area (Å²) in [6.07, 6.45) is -0.743. The molecule has 0 spiro atoms. The number of ketones is 1. The monoisotopic (exact) mass is 320 g/mol. The molecule has 0 aliphatic rings. The third-order valence-electron chi connectivity index (χ3n) is 3.42. The first-order valence-corrected chi connectivity index (χ1v) is 7.52. The zero-order valence-corrected chi connectivity index (χ0v) is 14.3. The van der Waals surface area contributed by atoms with Gasteiger partial charge in [-0.15, -0.1) is 0 Å². The zero-order chi connectivity index (χ0) is 17.6. The molecule has 0 aliphatic heterocycles. The lowest BCUT2D eigenvalue weighted by molar-refractivity contribution is -0.143. The van der Waals surface area contributed by atoms with Crippen LogP contribution in [0.1, 0.15) is 31.1 Å². The summed E-state index contributed by atoms with van der Waals surface area (Å²) < 4.78 is 5.62. The molecule has 1 unspecified atom stereocenters. The van der Waals surface area contributed by atoms with Gasteiger partial charge in [0.15, 0.2) is 11.9 Å². The SMILES string of the molecule is CCN(CC(=O)N(C)C)C(=O)C(C)Oc1cccc(C(C)=O)c1. The molecule has 1 atom stereocenters. The van der Waals surface area contributed by atoms with E-state index < -0.39 is 6.10 Å². The molecule has 126 valence electrons. The summed E-state index contributed by atoms with van der Waals surface area (Å²) in [5.74, 6) is -0.0309. The summed E-state index contributed by atoms with van der Waals surface area (Å²) in [5.41, 5.74) is 0.525. The first-order valence-electron chi connectivity index (χ1n) is 7.52. The van der Waals surface area contributed by atoms with Crippen LogP contribution in [0.15, 0.2) is 24.3 Å². The predicted octanol–water partition coefficient (Wildman–Crippen LogP) is 1.59. The summed E-state index contributed by atoms with van der Waals surface area (Å²) in [6, 6.07) is 6.69. The largest absolute Gasteiger partial charge is 0.481 e. The van der Waals surface area contributed by atoms with Crippen LogP contribution in [0.2, 0.25) is 0 Å². The minimum absolute atomic E-state index is 0.0174. The second kappa shape index (κ2) is 8.31. The standard InChI is InChI=1S/C17H24N2O4/c1-6-19(11-16(21)18(4)5)17(22)13(3)23-15-9-7-8-14(10-15)12(2)20/h7-10,13H,6,11H2,1-5H3. The van der Waals surface area contributed by atoms with Crippen LogP contribution >= 0.6 is 0 Å². The lowest BCUT2D eigenvalue weighted by Crippen LogP contribution is -2.45. The maximum atomic E-state index is 12.4. The number of carbonyl (C=O) groups is 3. The second-order valence-electron chi connectivity index (χ2n) is 5.48. The van der Waals surface area contributed by atoms with Crippen molar-refractivity contribution in [2.24, 2.45) is 0 Å². The molecule has 0 fully saturated rings. The van der Waals surface area contributed by atoms with Gasteiger partial charge in [0.1, 0.15) is 5.75 Å². The molecule has 6 nitrogen and oxygen atoms in total. The van der Waals surface area contributed by atoms with Crippen molar-refractivity contribution in [2.45, 2.75) is 26.9 Å². The van der Waals surface area contributed by atoms with Gasteiger partial charge in [-0.2, -0.15) is 0 Å². The Morgan fingerprint density at radius 1 is 1.22 bits per heavy atom. The molecule has 1 aromatic rings. The van der Waals surface area contributed by atoms with Gasteiger partial charge in [0.2, 0.25) is 5.91 Å². The van der Waals surface area contributed by atoms with E-state index >= 15 is 0 Å². The number of nitrogens with zero attached hydrogens (tertiary/aromatic N) is 2. The molecule has 0 saturated heterocycles. The van der Waals surface area contributed by atoms with Crippen molar-refractivity contribution in [3.8, 4) is 5.75 Å². The van der Waals surface area contributed by atoms with E-state index in [9.17, 15) is 14.4 Å². The Balaban J connectivity index is 2.77. The number of amides is 2. The summed E-state index contributed by atoms with van der Waals surface area (Å²) in [6.45, 7) is 5.35. The van der Waals surface area contributed by atoms with Crippen molar-refractivity contribution in [3.63, 3.8) is 0 Å². The molecular formula is C17H24N2O4. The number of rotatable bonds is 7. The van der Waals surface area contributed by atoms with Gasteiger partial charge >= 0.3 is 0 Å². The predicted molar refractivity (Wildman–Crippen MR) is 87.5 cm³/mol. The van der Waals surface area contributed by atoms with E-state index in [2.05, 4.69) is 0 Å². The number of carbonyl (C=O) groups excluding carboxylic acids is 3. The van der Waals surface area contributed by atoms with Gasteiger partial charge in [-0.05, 0) is 32.9 Å². The fourth-order valence-corrected chi connectivity index (χ4v) is 1.95. The van der Waals surface area contributed by atoms with Gasteiger partial charge < -0.3 is 14.5 Å². The summed E-state index contributed by atoms with van der Waals surface area (Å²) in [5, 5.41) is 0. The highest BCUT2D eigenvalue weighted by atomic mass is 16.5. The Hall–Kier alpha value is -2.37. The molecule has 0 N–H and O–H groups in total. The highest BCUT2D eigenvalue weighted by Gasteiger charge is 2.23. The third kappa shape index (κ3) is 5.39. The van der Waals surface area contributed by atoms with Crippen molar-refractivity contribution in [2.75, 3.05) is 27.2 Å². The van der Waals surface area contributed by atoms with Crippen LogP contribution in [0.3, 0.4) is 0 Å². The lowest BCUT2D eigenvalue weighted by Gasteiger charge is -2.25. The number of Topliss-reactive ketones (excluding diaryl/α,β-unsaturated/α-hetero) is 1. The van der Waals surface area contributed by atoms with E-state index in [-0.39, 0.29) is 24.1 Å². The van der Waals surface area contributed by atoms with E-state index in [1.807, 2.05) is 6.92 Å². The minimum atomic E-state index is -0.743. The molecule has 1 rings (SSSR count). The number of likely N-dealkylation sites (N-methyl/N-ethyl adjacent to an activating group) is 2. The van der Waals surface area contributed by atoms with Gasteiger partial charge in [0.05, 0.1) is 6.54 Å². The molecule has 6 heteroatoms. The van der Waals surface area contributed by atoms with Gasteiger partial charge in [-0.3, -0.25) is 14.4 Å². The first kappa shape index (κ1) is 18.7. The molecule has 0 aliphatic carbocycles. The Kier molecular flexibility index (Phi) is 6.75. The molecule has 0 aromatic heterocycles. The molecule has 2 amide bonds. The molecular weight excluding hydrogens is 296 g/mol. The molecule has 0 heterocycles. The molecule has 23 heavy (non-hydrogen) atoms. The first-order chi connectivity index (χ1) is 10.8. The highest BCUT2D eigenvalue weighted by Crippen LogP contribution is 2.16. The average Bonchev–Trinajstić information content (AvgIpc) is 2.51. The summed E-state index contributed by atoms with van der Waals surface area (Å²) in [4.78, 5) is 38.5. The van der Waals surface area contributed by atoms with Crippen LogP contribution in [-0.4, -0.2) is 60.7 Å². The van der Waals surface area contributed by atoms with E-state index in [0.717, 1.165) is 0 Å². The van der Waals surface area contributed by atoms with Crippen molar-refractivity contribution < 1.29 is 19.1 Å². The van der Waals surface area contributed by atoms with Crippen molar-refractivity contribution in [1.29, 1.82) is 0 Å². The van der Waals surface area contributed by atoms with Crippen LogP contribution in [0, 0.1) is 0 Å². The number of ether oxygens (including phenoxy) is 1. The number of benzene rings is 1. The Bertz CT molecular complexity index is 584. The fourth-order valence-electron chi connectivity index (χ4n) is 1.95. The van der Waals surface area contributed by atoms with Gasteiger partial charge in [0.25, 0.3) is 5.91 Å². The van der Waals surface area contributed by atoms with Crippen LogP contribution in [0.4, 0.5) is 0 Å². The topological polar surface area (TPSA) is 66.9 Å². The highest BCUT2D eigenvalue weighted by molar-refractivity contribution is 5.94. The normalized spacial score (nSPS) is 11.5. The Labute approximate surface area is 137 Å². The van der Waals surface area contributed by atoms with Crippen LogP contribution in [0.25, 0.3) is 0 Å². The van der Waals surface area contributed by atoms with E-state index in [1.165, 1.54) is 16.7 Å². The van der Waals surface area contributed by atoms with Crippen LogP contribution in [0.5, 0.6) is 5.75 Å². The van der Waals surface area contributed by atoms with Gasteiger partial charge in [-0.25, -0.2) is 0 Å². The fraction of sp³-hybridized carbons (Fsp3) is 0.471.